The summed E-state index contributed by atoms with van der Waals surface area (Å²) >= 11 is 5.86. The monoisotopic (exact) mass is 211 g/mol. The zero-order valence-corrected chi connectivity index (χ0v) is 8.49. The molecule has 0 bridgehead atoms. The SMILES string of the molecule is CN1C(=O)OCC1c1cccc(Cl)c1. The van der Waals surface area contributed by atoms with Crippen molar-refractivity contribution in [3.8, 4) is 0 Å². The third-order valence-corrected chi connectivity index (χ3v) is 2.59. The van der Waals surface area contributed by atoms with Gasteiger partial charge in [0, 0.05) is 12.1 Å². The summed E-state index contributed by atoms with van der Waals surface area (Å²) in [7, 11) is 1.72. The number of likely N-dealkylation sites (N-methyl/N-ethyl adjacent to an activating group) is 1. The van der Waals surface area contributed by atoms with Gasteiger partial charge in [-0.2, -0.15) is 0 Å². The first-order chi connectivity index (χ1) is 6.68. The number of carbonyl (C=O) groups is 1. The van der Waals surface area contributed by atoms with E-state index in [1.165, 1.54) is 0 Å². The second kappa shape index (κ2) is 3.50. The quantitative estimate of drug-likeness (QED) is 0.714. The number of halogens is 1. The molecule has 1 aromatic rings. The van der Waals surface area contributed by atoms with Crippen LogP contribution >= 0.6 is 11.6 Å². The maximum Gasteiger partial charge on any atom is 0.410 e. The Bertz CT molecular complexity index is 367. The molecule has 0 radical (unpaired) electrons. The lowest BCUT2D eigenvalue weighted by Gasteiger charge is -2.16. The topological polar surface area (TPSA) is 29.5 Å². The Morgan fingerprint density at radius 2 is 2.36 bits per heavy atom. The lowest BCUT2D eigenvalue weighted by molar-refractivity contribution is 0.163. The fourth-order valence-electron chi connectivity index (χ4n) is 1.52. The first-order valence-corrected chi connectivity index (χ1v) is 4.71. The van der Waals surface area contributed by atoms with Gasteiger partial charge in [-0.3, -0.25) is 0 Å². The highest BCUT2D eigenvalue weighted by Gasteiger charge is 2.30. The van der Waals surface area contributed by atoms with Crippen molar-refractivity contribution in [2.24, 2.45) is 0 Å². The number of rotatable bonds is 1. The summed E-state index contributed by atoms with van der Waals surface area (Å²) in [5.74, 6) is 0. The van der Waals surface area contributed by atoms with Crippen molar-refractivity contribution in [2.45, 2.75) is 6.04 Å². The molecule has 1 aromatic carbocycles. The van der Waals surface area contributed by atoms with Crippen LogP contribution in [0.2, 0.25) is 5.02 Å². The predicted molar refractivity (Wildman–Crippen MR) is 53.3 cm³/mol. The standard InChI is InChI=1S/C10H10ClNO2/c1-12-9(6-14-10(12)13)7-3-2-4-8(11)5-7/h2-5,9H,6H2,1H3. The Kier molecular flexibility index (Phi) is 2.33. The van der Waals surface area contributed by atoms with Crippen molar-refractivity contribution in [3.63, 3.8) is 0 Å². The van der Waals surface area contributed by atoms with Gasteiger partial charge in [-0.15, -0.1) is 0 Å². The van der Waals surface area contributed by atoms with Gasteiger partial charge in [-0.1, -0.05) is 23.7 Å². The molecule has 0 saturated carbocycles. The smallest absolute Gasteiger partial charge is 0.410 e. The zero-order valence-electron chi connectivity index (χ0n) is 7.74. The molecule has 1 fully saturated rings. The van der Waals surface area contributed by atoms with Crippen LogP contribution in [0.15, 0.2) is 24.3 Å². The van der Waals surface area contributed by atoms with Gasteiger partial charge in [0.2, 0.25) is 0 Å². The van der Waals surface area contributed by atoms with Crippen LogP contribution in [0.25, 0.3) is 0 Å². The van der Waals surface area contributed by atoms with E-state index in [1.807, 2.05) is 24.3 Å². The average Bonchev–Trinajstić information content (AvgIpc) is 2.48. The molecule has 1 atom stereocenters. The lowest BCUT2D eigenvalue weighted by Crippen LogP contribution is -2.22. The van der Waals surface area contributed by atoms with Gasteiger partial charge in [0.15, 0.2) is 0 Å². The Labute approximate surface area is 87.2 Å². The summed E-state index contributed by atoms with van der Waals surface area (Å²) in [5, 5.41) is 0.676. The third kappa shape index (κ3) is 1.55. The number of amides is 1. The van der Waals surface area contributed by atoms with Gasteiger partial charge < -0.3 is 9.64 Å². The van der Waals surface area contributed by atoms with Gasteiger partial charge >= 0.3 is 6.09 Å². The Morgan fingerprint density at radius 3 is 2.93 bits per heavy atom. The summed E-state index contributed by atoms with van der Waals surface area (Å²) < 4.78 is 4.92. The summed E-state index contributed by atoms with van der Waals surface area (Å²) in [5.41, 5.74) is 1.01. The van der Waals surface area contributed by atoms with E-state index in [-0.39, 0.29) is 12.1 Å². The molecule has 1 aliphatic rings. The summed E-state index contributed by atoms with van der Waals surface area (Å²) in [4.78, 5) is 12.7. The van der Waals surface area contributed by atoms with Crippen LogP contribution in [-0.4, -0.2) is 24.6 Å². The van der Waals surface area contributed by atoms with E-state index in [2.05, 4.69) is 0 Å². The van der Waals surface area contributed by atoms with E-state index in [9.17, 15) is 4.79 Å². The minimum Gasteiger partial charge on any atom is -0.447 e. The molecule has 14 heavy (non-hydrogen) atoms. The molecular formula is C10H10ClNO2. The van der Waals surface area contributed by atoms with Crippen LogP contribution in [0.3, 0.4) is 0 Å². The highest BCUT2D eigenvalue weighted by atomic mass is 35.5. The molecule has 2 rings (SSSR count). The van der Waals surface area contributed by atoms with E-state index >= 15 is 0 Å². The maximum atomic E-state index is 11.1. The second-order valence-corrected chi connectivity index (χ2v) is 3.70. The van der Waals surface area contributed by atoms with Gasteiger partial charge in [-0.05, 0) is 17.7 Å². The number of hydrogen-bond acceptors (Lipinski definition) is 2. The summed E-state index contributed by atoms with van der Waals surface area (Å²) in [6.45, 7) is 0.398. The molecule has 3 nitrogen and oxygen atoms in total. The zero-order chi connectivity index (χ0) is 10.1. The molecule has 0 aliphatic carbocycles. The normalized spacial score (nSPS) is 21.1. The van der Waals surface area contributed by atoms with Crippen LogP contribution in [0.4, 0.5) is 4.79 Å². The van der Waals surface area contributed by atoms with Crippen molar-refractivity contribution in [1.29, 1.82) is 0 Å². The van der Waals surface area contributed by atoms with Crippen molar-refractivity contribution >= 4 is 17.7 Å². The molecule has 0 aromatic heterocycles. The molecule has 1 aliphatic heterocycles. The fourth-order valence-corrected chi connectivity index (χ4v) is 1.72. The summed E-state index contributed by atoms with van der Waals surface area (Å²) in [6.07, 6.45) is -0.282. The van der Waals surface area contributed by atoms with Crippen LogP contribution < -0.4 is 0 Å². The van der Waals surface area contributed by atoms with E-state index in [4.69, 9.17) is 16.3 Å². The highest BCUT2D eigenvalue weighted by molar-refractivity contribution is 6.30. The van der Waals surface area contributed by atoms with Crippen LogP contribution in [0, 0.1) is 0 Å². The van der Waals surface area contributed by atoms with E-state index in [0.29, 0.717) is 11.6 Å². The van der Waals surface area contributed by atoms with Gasteiger partial charge in [0.25, 0.3) is 0 Å². The number of hydrogen-bond donors (Lipinski definition) is 0. The molecule has 74 valence electrons. The fraction of sp³-hybridized carbons (Fsp3) is 0.300. The van der Waals surface area contributed by atoms with Crippen molar-refractivity contribution in [3.05, 3.63) is 34.9 Å². The highest BCUT2D eigenvalue weighted by Crippen LogP contribution is 2.27. The third-order valence-electron chi connectivity index (χ3n) is 2.35. The Morgan fingerprint density at radius 1 is 1.57 bits per heavy atom. The number of nitrogens with zero attached hydrogens (tertiary/aromatic N) is 1. The number of carbonyl (C=O) groups excluding carboxylic acids is 1. The van der Waals surface area contributed by atoms with Crippen LogP contribution in [0.1, 0.15) is 11.6 Å². The Hall–Kier alpha value is -1.22. The minimum absolute atomic E-state index is 0.0128. The molecular weight excluding hydrogens is 202 g/mol. The van der Waals surface area contributed by atoms with Gasteiger partial charge in [0.1, 0.15) is 6.61 Å². The van der Waals surface area contributed by atoms with Gasteiger partial charge in [0.05, 0.1) is 6.04 Å². The number of cyclic esters (lactones) is 1. The van der Waals surface area contributed by atoms with Crippen molar-refractivity contribution in [2.75, 3.05) is 13.7 Å². The predicted octanol–water partition coefficient (Wildman–Crippen LogP) is 2.46. The Balaban J connectivity index is 2.28. The molecule has 4 heteroatoms. The molecule has 1 amide bonds. The van der Waals surface area contributed by atoms with E-state index in [0.717, 1.165) is 5.56 Å². The largest absolute Gasteiger partial charge is 0.447 e. The number of ether oxygens (including phenoxy) is 1. The van der Waals surface area contributed by atoms with Gasteiger partial charge in [-0.25, -0.2) is 4.79 Å². The molecule has 1 unspecified atom stereocenters. The van der Waals surface area contributed by atoms with E-state index < -0.39 is 0 Å². The second-order valence-electron chi connectivity index (χ2n) is 3.26. The minimum atomic E-state index is -0.282. The summed E-state index contributed by atoms with van der Waals surface area (Å²) in [6, 6.07) is 7.46. The van der Waals surface area contributed by atoms with Crippen molar-refractivity contribution < 1.29 is 9.53 Å². The first kappa shape index (κ1) is 9.34. The first-order valence-electron chi connectivity index (χ1n) is 4.33. The molecule has 0 spiro atoms. The van der Waals surface area contributed by atoms with E-state index in [1.54, 1.807) is 11.9 Å². The molecule has 1 saturated heterocycles. The van der Waals surface area contributed by atoms with Crippen LogP contribution in [-0.2, 0) is 4.74 Å². The average molecular weight is 212 g/mol. The number of benzene rings is 1. The van der Waals surface area contributed by atoms with Crippen molar-refractivity contribution in [1.82, 2.24) is 4.90 Å². The molecule has 1 heterocycles. The molecule has 0 N–H and O–H groups in total. The maximum absolute atomic E-state index is 11.1. The lowest BCUT2D eigenvalue weighted by atomic mass is 10.1. The van der Waals surface area contributed by atoms with Crippen LogP contribution in [0.5, 0.6) is 0 Å².